The molecule has 184 valence electrons. The number of esters is 1. The van der Waals surface area contributed by atoms with E-state index in [1.807, 2.05) is 19.1 Å². The second-order valence-electron chi connectivity index (χ2n) is 12.4. The van der Waals surface area contributed by atoms with Crippen molar-refractivity contribution in [3.8, 4) is 0 Å². The fourth-order valence-electron chi connectivity index (χ4n) is 8.75. The maximum absolute atomic E-state index is 13.3. The first kappa shape index (κ1) is 22.7. The molecule has 6 nitrogen and oxygen atoms in total. The van der Waals surface area contributed by atoms with Crippen LogP contribution in [0.15, 0.2) is 34.9 Å². The van der Waals surface area contributed by atoms with Gasteiger partial charge >= 0.3 is 5.97 Å². The fourth-order valence-corrected chi connectivity index (χ4v) is 8.75. The van der Waals surface area contributed by atoms with Crippen LogP contribution >= 0.6 is 0 Å². The number of carbonyl (C=O) groups excluding carboxylic acids is 2. The third-order valence-electron chi connectivity index (χ3n) is 11.2. The molecule has 9 unspecified atom stereocenters. The van der Waals surface area contributed by atoms with Crippen LogP contribution in [-0.4, -0.2) is 51.0 Å². The first-order chi connectivity index (χ1) is 15.8. The summed E-state index contributed by atoms with van der Waals surface area (Å²) in [5.41, 5.74) is -1.91. The number of cyclic esters (lactones) is 1. The van der Waals surface area contributed by atoms with Crippen LogP contribution in [0.2, 0.25) is 0 Å². The molecule has 2 aliphatic heterocycles. The Morgan fingerprint density at radius 1 is 1.15 bits per heavy atom. The summed E-state index contributed by atoms with van der Waals surface area (Å²) in [6, 6.07) is 0. The van der Waals surface area contributed by atoms with E-state index in [1.165, 1.54) is 0 Å². The van der Waals surface area contributed by atoms with E-state index in [0.29, 0.717) is 24.8 Å². The van der Waals surface area contributed by atoms with E-state index in [2.05, 4.69) is 13.8 Å². The van der Waals surface area contributed by atoms with Gasteiger partial charge in [0.25, 0.3) is 0 Å². The van der Waals surface area contributed by atoms with Gasteiger partial charge in [-0.2, -0.15) is 0 Å². The Morgan fingerprint density at radius 2 is 1.88 bits per heavy atom. The molecule has 1 saturated heterocycles. The quantitative estimate of drug-likeness (QED) is 0.366. The second kappa shape index (κ2) is 6.51. The lowest BCUT2D eigenvalue weighted by atomic mass is 9.43. The van der Waals surface area contributed by atoms with Crippen molar-refractivity contribution in [1.29, 1.82) is 0 Å². The van der Waals surface area contributed by atoms with Gasteiger partial charge in [-0.3, -0.25) is 4.79 Å². The van der Waals surface area contributed by atoms with Crippen molar-refractivity contribution in [2.75, 3.05) is 0 Å². The van der Waals surface area contributed by atoms with Gasteiger partial charge in [0.05, 0.1) is 17.1 Å². The standard InChI is InChI=1S/C28H36O6/c1-15-13-21(33-23(30)16(15)2)26(5,31)19-9-12-27(32)18-14-22-28(34-22)10-6-7-20(29)25(28,4)17(18)8-11-24(19,27)3/h6-7,9,17-18,21-22,31-32H,8,10-14H2,1-5H3. The number of fused-ring (bicyclic) bond motifs is 4. The van der Waals surface area contributed by atoms with E-state index < -0.39 is 33.7 Å². The van der Waals surface area contributed by atoms with Gasteiger partial charge in [-0.1, -0.05) is 24.6 Å². The lowest BCUT2D eigenvalue weighted by molar-refractivity contribution is -0.190. The number of hydrogen-bond acceptors (Lipinski definition) is 6. The number of ketones is 1. The van der Waals surface area contributed by atoms with Gasteiger partial charge in [0.15, 0.2) is 5.78 Å². The Hall–Kier alpha value is -1.76. The lowest BCUT2D eigenvalue weighted by Gasteiger charge is -2.61. The van der Waals surface area contributed by atoms with Gasteiger partial charge in [0, 0.05) is 17.4 Å². The number of aliphatic hydroxyl groups is 2. The molecule has 0 bridgehead atoms. The zero-order chi connectivity index (χ0) is 24.5. The highest BCUT2D eigenvalue weighted by molar-refractivity contribution is 5.97. The maximum Gasteiger partial charge on any atom is 0.334 e. The Bertz CT molecular complexity index is 1100. The monoisotopic (exact) mass is 468 g/mol. The van der Waals surface area contributed by atoms with E-state index in [4.69, 9.17) is 9.47 Å². The van der Waals surface area contributed by atoms with Gasteiger partial charge in [-0.15, -0.1) is 0 Å². The highest BCUT2D eigenvalue weighted by Crippen LogP contribution is 2.73. The summed E-state index contributed by atoms with van der Waals surface area (Å²) in [5.74, 6) is -0.342. The molecule has 34 heavy (non-hydrogen) atoms. The van der Waals surface area contributed by atoms with Gasteiger partial charge < -0.3 is 19.7 Å². The van der Waals surface area contributed by atoms with Gasteiger partial charge in [0.2, 0.25) is 0 Å². The van der Waals surface area contributed by atoms with E-state index in [0.717, 1.165) is 30.4 Å². The molecule has 3 fully saturated rings. The molecule has 9 atom stereocenters. The van der Waals surface area contributed by atoms with Crippen molar-refractivity contribution in [3.63, 3.8) is 0 Å². The molecule has 1 spiro atoms. The molecule has 0 aromatic rings. The summed E-state index contributed by atoms with van der Waals surface area (Å²) in [4.78, 5) is 25.7. The molecule has 0 radical (unpaired) electrons. The third-order valence-corrected chi connectivity index (χ3v) is 11.2. The predicted octanol–water partition coefficient (Wildman–Crippen LogP) is 3.56. The van der Waals surface area contributed by atoms with Crippen molar-refractivity contribution in [1.82, 2.24) is 0 Å². The molecular formula is C28H36O6. The number of rotatable bonds is 2. The van der Waals surface area contributed by atoms with Gasteiger partial charge in [0.1, 0.15) is 17.3 Å². The molecule has 0 aromatic carbocycles. The third kappa shape index (κ3) is 2.38. The van der Waals surface area contributed by atoms with E-state index in [-0.39, 0.29) is 29.7 Å². The molecule has 6 aliphatic rings. The summed E-state index contributed by atoms with van der Waals surface area (Å²) < 4.78 is 12.0. The van der Waals surface area contributed by atoms with Crippen molar-refractivity contribution in [3.05, 3.63) is 34.9 Å². The van der Waals surface area contributed by atoms with Gasteiger partial charge in [-0.05, 0) is 83.3 Å². The number of allylic oxidation sites excluding steroid dienone is 1. The molecule has 2 saturated carbocycles. The number of ether oxygens (including phenoxy) is 2. The summed E-state index contributed by atoms with van der Waals surface area (Å²) in [7, 11) is 0. The average Bonchev–Trinajstić information content (AvgIpc) is 3.40. The molecule has 2 heterocycles. The van der Waals surface area contributed by atoms with Crippen LogP contribution in [0.25, 0.3) is 0 Å². The normalized spacial score (nSPS) is 51.0. The smallest absolute Gasteiger partial charge is 0.334 e. The van der Waals surface area contributed by atoms with Gasteiger partial charge in [-0.25, -0.2) is 4.79 Å². The van der Waals surface area contributed by atoms with E-state index in [9.17, 15) is 19.8 Å². The SMILES string of the molecule is CC1=C(C)C(=O)OC(C(C)(O)C2=CCC3(O)C4CC5OC56CC=CC(=O)C6(C)C4CCC23C)C1. The molecule has 0 aromatic heterocycles. The summed E-state index contributed by atoms with van der Waals surface area (Å²) in [5, 5.41) is 24.3. The summed E-state index contributed by atoms with van der Waals surface area (Å²) >= 11 is 0. The zero-order valence-electron chi connectivity index (χ0n) is 20.8. The number of hydrogen-bond donors (Lipinski definition) is 2. The van der Waals surface area contributed by atoms with Crippen molar-refractivity contribution < 1.29 is 29.3 Å². The first-order valence-corrected chi connectivity index (χ1v) is 12.7. The Kier molecular flexibility index (Phi) is 4.34. The summed E-state index contributed by atoms with van der Waals surface area (Å²) in [6.45, 7) is 9.49. The van der Waals surface area contributed by atoms with E-state index >= 15 is 0 Å². The highest BCUT2D eigenvalue weighted by atomic mass is 16.6. The average molecular weight is 469 g/mol. The zero-order valence-corrected chi connectivity index (χ0v) is 20.8. The second-order valence-corrected chi connectivity index (χ2v) is 12.4. The van der Waals surface area contributed by atoms with Crippen LogP contribution in [0.1, 0.15) is 73.1 Å². The summed E-state index contributed by atoms with van der Waals surface area (Å²) in [6.07, 6.45) is 8.76. The van der Waals surface area contributed by atoms with Crippen LogP contribution in [0.5, 0.6) is 0 Å². The maximum atomic E-state index is 13.3. The van der Waals surface area contributed by atoms with E-state index in [1.54, 1.807) is 19.9 Å². The molecular weight excluding hydrogens is 432 g/mol. The Morgan fingerprint density at radius 3 is 2.59 bits per heavy atom. The lowest BCUT2D eigenvalue weighted by Crippen LogP contribution is -2.66. The molecule has 0 amide bonds. The number of epoxide rings is 1. The fraction of sp³-hybridized carbons (Fsp3) is 0.714. The minimum Gasteiger partial charge on any atom is -0.455 e. The van der Waals surface area contributed by atoms with Crippen LogP contribution in [0.3, 0.4) is 0 Å². The van der Waals surface area contributed by atoms with Crippen molar-refractivity contribution >= 4 is 11.8 Å². The van der Waals surface area contributed by atoms with Crippen molar-refractivity contribution in [2.24, 2.45) is 22.7 Å². The Labute approximate surface area is 201 Å². The minimum atomic E-state index is -1.40. The Balaban J connectivity index is 1.35. The van der Waals surface area contributed by atoms with Crippen LogP contribution in [0.4, 0.5) is 0 Å². The molecule has 2 N–H and O–H groups in total. The molecule has 6 rings (SSSR count). The number of carbonyl (C=O) groups is 2. The first-order valence-electron chi connectivity index (χ1n) is 12.7. The predicted molar refractivity (Wildman–Crippen MR) is 125 cm³/mol. The minimum absolute atomic E-state index is 0.0151. The topological polar surface area (TPSA) is 96.4 Å². The molecule has 4 aliphatic carbocycles. The van der Waals surface area contributed by atoms with Crippen LogP contribution in [-0.2, 0) is 19.1 Å². The molecule has 6 heteroatoms. The highest BCUT2D eigenvalue weighted by Gasteiger charge is 2.79. The van der Waals surface area contributed by atoms with Crippen LogP contribution in [0, 0.1) is 22.7 Å². The van der Waals surface area contributed by atoms with Crippen LogP contribution < -0.4 is 0 Å². The van der Waals surface area contributed by atoms with Crippen molar-refractivity contribution in [2.45, 2.75) is 102 Å². The largest absolute Gasteiger partial charge is 0.455 e.